The third-order valence-corrected chi connectivity index (χ3v) is 2.68. The number of carbonyl (C=O) groups is 1. The van der Waals surface area contributed by atoms with Gasteiger partial charge in [-0.05, 0) is 12.1 Å². The van der Waals surface area contributed by atoms with Crippen molar-refractivity contribution in [3.63, 3.8) is 0 Å². The van der Waals surface area contributed by atoms with Gasteiger partial charge in [0.2, 0.25) is 5.82 Å². The Morgan fingerprint density at radius 2 is 2.05 bits per heavy atom. The highest BCUT2D eigenvalue weighted by molar-refractivity contribution is 6.02. The first-order valence-corrected chi connectivity index (χ1v) is 6.01. The van der Waals surface area contributed by atoms with Crippen molar-refractivity contribution >= 4 is 11.7 Å². The van der Waals surface area contributed by atoms with Gasteiger partial charge in [-0.2, -0.15) is 0 Å². The van der Waals surface area contributed by atoms with Crippen molar-refractivity contribution in [2.45, 2.75) is 26.2 Å². The molecule has 1 N–H and O–H groups in total. The third kappa shape index (κ3) is 2.78. The lowest BCUT2D eigenvalue weighted by Crippen LogP contribution is -2.28. The number of aromatic amines is 1. The van der Waals surface area contributed by atoms with Crippen molar-refractivity contribution in [1.82, 2.24) is 20.2 Å². The largest absolute Gasteiger partial charge is 0.298 e. The molecule has 100 valence electrons. The van der Waals surface area contributed by atoms with Gasteiger partial charge in [-0.25, -0.2) is 9.97 Å². The fraction of sp³-hybridized carbons (Fsp3) is 0.385. The molecule has 0 saturated carbocycles. The molecule has 2 heterocycles. The molecule has 0 aliphatic rings. The van der Waals surface area contributed by atoms with Crippen LogP contribution >= 0.6 is 0 Å². The molecule has 2 rings (SSSR count). The number of nitrogens with zero attached hydrogens (tertiary/aromatic N) is 4. The lowest BCUT2D eigenvalue weighted by atomic mass is 9.96. The van der Waals surface area contributed by atoms with E-state index in [-0.39, 0.29) is 17.1 Å². The van der Waals surface area contributed by atoms with Crippen LogP contribution in [0.5, 0.6) is 0 Å². The molecule has 19 heavy (non-hydrogen) atoms. The van der Waals surface area contributed by atoms with Gasteiger partial charge >= 0.3 is 0 Å². The van der Waals surface area contributed by atoms with Gasteiger partial charge in [0.25, 0.3) is 5.91 Å². The van der Waals surface area contributed by atoms with E-state index in [1.54, 1.807) is 25.4 Å². The molecule has 2 aromatic heterocycles. The normalized spacial score (nSPS) is 11.4. The Kier molecular flexibility index (Phi) is 3.33. The Hall–Kier alpha value is -2.24. The molecule has 6 nitrogen and oxygen atoms in total. The van der Waals surface area contributed by atoms with Crippen LogP contribution in [0.3, 0.4) is 0 Å². The van der Waals surface area contributed by atoms with Gasteiger partial charge in [-0.15, -0.1) is 5.10 Å². The van der Waals surface area contributed by atoms with Crippen molar-refractivity contribution in [2.24, 2.45) is 0 Å². The maximum atomic E-state index is 12.2. The van der Waals surface area contributed by atoms with Gasteiger partial charge in [-0.3, -0.25) is 14.8 Å². The van der Waals surface area contributed by atoms with Gasteiger partial charge < -0.3 is 0 Å². The first-order valence-electron chi connectivity index (χ1n) is 6.01. The van der Waals surface area contributed by atoms with E-state index in [9.17, 15) is 4.79 Å². The highest BCUT2D eigenvalue weighted by Gasteiger charge is 2.23. The number of H-pyrrole nitrogens is 1. The van der Waals surface area contributed by atoms with Crippen LogP contribution in [-0.4, -0.2) is 33.1 Å². The minimum absolute atomic E-state index is 0.151. The minimum Gasteiger partial charge on any atom is -0.293 e. The lowest BCUT2D eigenvalue weighted by molar-refractivity contribution is 0.0982. The van der Waals surface area contributed by atoms with Crippen molar-refractivity contribution in [1.29, 1.82) is 0 Å². The van der Waals surface area contributed by atoms with E-state index >= 15 is 0 Å². The molecular formula is C13H17N5O. The number of carbonyl (C=O) groups excluding carboxylic acids is 1. The number of rotatable bonds is 2. The van der Waals surface area contributed by atoms with Gasteiger partial charge in [0, 0.05) is 18.7 Å². The molecule has 0 spiro atoms. The van der Waals surface area contributed by atoms with E-state index in [4.69, 9.17) is 0 Å². The number of pyridine rings is 1. The summed E-state index contributed by atoms with van der Waals surface area (Å²) in [5, 5.41) is 6.78. The van der Waals surface area contributed by atoms with Crippen molar-refractivity contribution < 1.29 is 4.79 Å². The second kappa shape index (κ2) is 4.79. The van der Waals surface area contributed by atoms with E-state index in [1.807, 2.05) is 26.8 Å². The Morgan fingerprint density at radius 3 is 2.58 bits per heavy atom. The summed E-state index contributed by atoms with van der Waals surface area (Å²) in [6.45, 7) is 6.01. The number of hydrogen-bond donors (Lipinski definition) is 1. The summed E-state index contributed by atoms with van der Waals surface area (Å²) >= 11 is 0. The molecule has 0 atom stereocenters. The average molecular weight is 259 g/mol. The predicted octanol–water partition coefficient (Wildman–Crippen LogP) is 1.77. The highest BCUT2D eigenvalue weighted by atomic mass is 16.2. The average Bonchev–Trinajstić information content (AvgIpc) is 2.87. The summed E-state index contributed by atoms with van der Waals surface area (Å²) < 4.78 is 0. The quantitative estimate of drug-likeness (QED) is 0.892. The Labute approximate surface area is 111 Å². The van der Waals surface area contributed by atoms with Gasteiger partial charge in [-0.1, -0.05) is 26.8 Å². The fourth-order valence-electron chi connectivity index (χ4n) is 1.50. The number of nitrogens with one attached hydrogen (secondary N) is 1. The fourth-order valence-corrected chi connectivity index (χ4v) is 1.50. The molecule has 0 aliphatic carbocycles. The zero-order valence-corrected chi connectivity index (χ0v) is 11.5. The van der Waals surface area contributed by atoms with Crippen molar-refractivity contribution in [2.75, 3.05) is 11.9 Å². The Bertz CT molecular complexity index is 570. The number of aromatic nitrogens is 4. The van der Waals surface area contributed by atoms with Crippen LogP contribution in [0.4, 0.5) is 5.82 Å². The Morgan fingerprint density at radius 1 is 1.32 bits per heavy atom. The molecule has 2 aromatic rings. The summed E-state index contributed by atoms with van der Waals surface area (Å²) in [5.74, 6) is 1.11. The van der Waals surface area contributed by atoms with Crippen LogP contribution in [0, 0.1) is 0 Å². The molecule has 0 aliphatic heterocycles. The minimum atomic E-state index is -0.287. The van der Waals surface area contributed by atoms with Crippen molar-refractivity contribution in [3.8, 4) is 0 Å². The zero-order valence-electron chi connectivity index (χ0n) is 11.5. The molecule has 0 aromatic carbocycles. The number of amides is 1. The van der Waals surface area contributed by atoms with E-state index in [0.717, 1.165) is 0 Å². The summed E-state index contributed by atoms with van der Waals surface area (Å²) in [7, 11) is 1.65. The van der Waals surface area contributed by atoms with E-state index in [1.165, 1.54) is 4.90 Å². The van der Waals surface area contributed by atoms with Crippen molar-refractivity contribution in [3.05, 3.63) is 36.0 Å². The molecule has 6 heteroatoms. The second-order valence-corrected chi connectivity index (χ2v) is 5.31. The molecular weight excluding hydrogens is 242 g/mol. The first-order chi connectivity index (χ1) is 8.89. The van der Waals surface area contributed by atoms with Crippen LogP contribution in [0.25, 0.3) is 0 Å². The van der Waals surface area contributed by atoms with Crippen LogP contribution in [0.15, 0.2) is 24.4 Å². The second-order valence-electron chi connectivity index (χ2n) is 5.31. The SMILES string of the molecule is CN(C(=O)c1n[nH]c(C(C)(C)C)n1)c1ccccn1. The van der Waals surface area contributed by atoms with E-state index in [2.05, 4.69) is 20.2 Å². The van der Waals surface area contributed by atoms with E-state index < -0.39 is 0 Å². The summed E-state index contributed by atoms with van der Waals surface area (Å²) in [6.07, 6.45) is 1.64. The first kappa shape index (κ1) is 13.2. The van der Waals surface area contributed by atoms with Crippen LogP contribution in [0.2, 0.25) is 0 Å². The van der Waals surface area contributed by atoms with Crippen LogP contribution in [0.1, 0.15) is 37.2 Å². The predicted molar refractivity (Wildman–Crippen MR) is 72.1 cm³/mol. The summed E-state index contributed by atoms with van der Waals surface area (Å²) in [6, 6.07) is 5.38. The summed E-state index contributed by atoms with van der Waals surface area (Å²) in [4.78, 5) is 22.0. The smallest absolute Gasteiger partial charge is 0.293 e. The molecule has 0 unspecified atom stereocenters. The molecule has 0 fully saturated rings. The maximum Gasteiger partial charge on any atom is 0.298 e. The molecule has 0 bridgehead atoms. The topological polar surface area (TPSA) is 74.8 Å². The lowest BCUT2D eigenvalue weighted by Gasteiger charge is -2.14. The standard InChI is InChI=1S/C13H17N5O/c1-13(2,3)12-15-10(16-17-12)11(19)18(4)9-7-5-6-8-14-9/h5-8H,1-4H3,(H,15,16,17). The molecule has 0 radical (unpaired) electrons. The monoisotopic (exact) mass is 259 g/mol. The summed E-state index contributed by atoms with van der Waals surface area (Å²) in [5.41, 5.74) is -0.172. The molecule has 1 amide bonds. The maximum absolute atomic E-state index is 12.2. The molecule has 0 saturated heterocycles. The van der Waals surface area contributed by atoms with Gasteiger partial charge in [0.1, 0.15) is 11.6 Å². The van der Waals surface area contributed by atoms with Gasteiger partial charge in [0.15, 0.2) is 0 Å². The van der Waals surface area contributed by atoms with E-state index in [0.29, 0.717) is 11.6 Å². The Balaban J connectivity index is 2.23. The highest BCUT2D eigenvalue weighted by Crippen LogP contribution is 2.18. The third-order valence-electron chi connectivity index (χ3n) is 2.68. The van der Waals surface area contributed by atoms with Gasteiger partial charge in [0.05, 0.1) is 0 Å². The number of anilines is 1. The zero-order chi connectivity index (χ0) is 14.0. The van der Waals surface area contributed by atoms with Crippen LogP contribution in [-0.2, 0) is 5.41 Å². The number of hydrogen-bond acceptors (Lipinski definition) is 4. The van der Waals surface area contributed by atoms with Crippen LogP contribution < -0.4 is 4.90 Å².